The van der Waals surface area contributed by atoms with Gasteiger partial charge in [0, 0.05) is 10.6 Å². The van der Waals surface area contributed by atoms with E-state index < -0.39 is 0 Å². The quantitative estimate of drug-likeness (QED) is 0.700. The maximum atomic E-state index is 5.80. The monoisotopic (exact) mass is 420 g/mol. The van der Waals surface area contributed by atoms with Gasteiger partial charge < -0.3 is 4.74 Å². The molecule has 0 saturated carbocycles. The van der Waals surface area contributed by atoms with Crippen LogP contribution in [0.15, 0.2) is 28.7 Å². The number of aryl methyl sites for hydroxylation is 2. The number of hydrogen-bond donors (Lipinski definition) is 0. The number of hydrogen-bond acceptors (Lipinski definition) is 2. The second-order valence-corrected chi connectivity index (χ2v) is 5.97. The summed E-state index contributed by atoms with van der Waals surface area (Å²) in [6.07, 6.45) is 0.914. The fourth-order valence-corrected chi connectivity index (χ4v) is 2.93. The topological polar surface area (TPSA) is 27.1 Å². The Kier molecular flexibility index (Phi) is 4.66. The van der Waals surface area contributed by atoms with Crippen molar-refractivity contribution in [2.75, 3.05) is 0 Å². The summed E-state index contributed by atoms with van der Waals surface area (Å²) in [6.45, 7) is 2.61. The molecular formula is C13H14BrIN2O. The lowest BCUT2D eigenvalue weighted by molar-refractivity contribution is 0.294. The third-order valence-electron chi connectivity index (χ3n) is 2.67. The molecule has 0 saturated heterocycles. The molecule has 0 aliphatic rings. The van der Waals surface area contributed by atoms with Crippen molar-refractivity contribution in [2.45, 2.75) is 20.0 Å². The zero-order valence-corrected chi connectivity index (χ0v) is 14.0. The molecule has 0 radical (unpaired) electrons. The zero-order chi connectivity index (χ0) is 13.1. The third kappa shape index (κ3) is 3.06. The molecule has 0 spiro atoms. The fourth-order valence-electron chi connectivity index (χ4n) is 1.69. The molecule has 0 aliphatic carbocycles. The largest absolute Gasteiger partial charge is 0.487 e. The van der Waals surface area contributed by atoms with Crippen LogP contribution in [0.4, 0.5) is 0 Å². The summed E-state index contributed by atoms with van der Waals surface area (Å²) < 4.78 is 9.89. The van der Waals surface area contributed by atoms with Gasteiger partial charge in [-0.05, 0) is 63.1 Å². The number of aromatic nitrogens is 2. The SMILES string of the molecule is CCc1nn(C)c(COc2cccc(I)c2)c1Br. The standard InChI is InChI=1S/C13H14BrIN2O/c1-3-11-13(14)12(17(2)16-11)8-18-10-6-4-5-9(15)7-10/h4-7H,3,8H2,1-2H3. The molecule has 1 heterocycles. The summed E-state index contributed by atoms with van der Waals surface area (Å²) in [5.74, 6) is 0.882. The molecule has 0 N–H and O–H groups in total. The van der Waals surface area contributed by atoms with E-state index in [-0.39, 0.29) is 0 Å². The Morgan fingerprint density at radius 2 is 2.22 bits per heavy atom. The molecule has 0 amide bonds. The number of rotatable bonds is 4. The van der Waals surface area contributed by atoms with E-state index in [1.54, 1.807) is 0 Å². The van der Waals surface area contributed by atoms with Crippen LogP contribution in [0.3, 0.4) is 0 Å². The average molecular weight is 421 g/mol. The van der Waals surface area contributed by atoms with Gasteiger partial charge in [-0.15, -0.1) is 0 Å². The highest BCUT2D eigenvalue weighted by Crippen LogP contribution is 2.23. The Morgan fingerprint density at radius 1 is 1.44 bits per heavy atom. The van der Waals surface area contributed by atoms with Crippen LogP contribution < -0.4 is 4.74 Å². The summed E-state index contributed by atoms with van der Waals surface area (Å²) in [6, 6.07) is 8.02. The smallest absolute Gasteiger partial charge is 0.131 e. The van der Waals surface area contributed by atoms with Crippen molar-refractivity contribution in [1.82, 2.24) is 9.78 Å². The second-order valence-electron chi connectivity index (χ2n) is 3.93. The second kappa shape index (κ2) is 6.06. The fraction of sp³-hybridized carbons (Fsp3) is 0.308. The summed E-state index contributed by atoms with van der Waals surface area (Å²) in [5, 5.41) is 4.45. The highest BCUT2D eigenvalue weighted by Gasteiger charge is 2.12. The van der Waals surface area contributed by atoms with Crippen molar-refractivity contribution >= 4 is 38.5 Å². The minimum absolute atomic E-state index is 0.518. The first kappa shape index (κ1) is 13.9. The molecule has 0 bridgehead atoms. The van der Waals surface area contributed by atoms with E-state index in [2.05, 4.69) is 50.5 Å². The van der Waals surface area contributed by atoms with Crippen LogP contribution >= 0.6 is 38.5 Å². The van der Waals surface area contributed by atoms with Crippen LogP contribution in [0, 0.1) is 3.57 Å². The molecule has 1 aromatic carbocycles. The number of benzene rings is 1. The maximum absolute atomic E-state index is 5.80. The van der Waals surface area contributed by atoms with Crippen molar-refractivity contribution in [3.8, 4) is 5.75 Å². The molecule has 0 atom stereocenters. The lowest BCUT2D eigenvalue weighted by atomic mass is 10.3. The Morgan fingerprint density at radius 3 is 2.83 bits per heavy atom. The Labute approximate surface area is 129 Å². The molecule has 5 heteroatoms. The van der Waals surface area contributed by atoms with Gasteiger partial charge in [0.25, 0.3) is 0 Å². The summed E-state index contributed by atoms with van der Waals surface area (Å²) in [7, 11) is 1.94. The van der Waals surface area contributed by atoms with E-state index in [0.29, 0.717) is 6.61 Å². The van der Waals surface area contributed by atoms with Crippen LogP contribution in [-0.4, -0.2) is 9.78 Å². The van der Waals surface area contributed by atoms with E-state index >= 15 is 0 Å². The first-order valence-electron chi connectivity index (χ1n) is 5.70. The number of nitrogens with zero attached hydrogens (tertiary/aromatic N) is 2. The summed E-state index contributed by atoms with van der Waals surface area (Å²) in [5.41, 5.74) is 2.13. The van der Waals surface area contributed by atoms with Gasteiger partial charge in [-0.2, -0.15) is 5.10 Å². The highest BCUT2D eigenvalue weighted by atomic mass is 127. The van der Waals surface area contributed by atoms with Crippen molar-refractivity contribution in [3.63, 3.8) is 0 Å². The van der Waals surface area contributed by atoms with Crippen LogP contribution in [0.2, 0.25) is 0 Å². The summed E-state index contributed by atoms with van der Waals surface area (Å²) >= 11 is 5.86. The van der Waals surface area contributed by atoms with Crippen LogP contribution in [0.25, 0.3) is 0 Å². The molecular weight excluding hydrogens is 407 g/mol. The van der Waals surface area contributed by atoms with Gasteiger partial charge in [0.1, 0.15) is 12.4 Å². The van der Waals surface area contributed by atoms with Crippen molar-refractivity contribution in [3.05, 3.63) is 43.7 Å². The zero-order valence-electron chi connectivity index (χ0n) is 10.3. The van der Waals surface area contributed by atoms with Gasteiger partial charge >= 0.3 is 0 Å². The van der Waals surface area contributed by atoms with E-state index in [9.17, 15) is 0 Å². The van der Waals surface area contributed by atoms with Crippen LogP contribution in [-0.2, 0) is 20.1 Å². The predicted octanol–water partition coefficient (Wildman–Crippen LogP) is 3.93. The minimum Gasteiger partial charge on any atom is -0.487 e. The number of ether oxygens (including phenoxy) is 1. The van der Waals surface area contributed by atoms with Gasteiger partial charge in [-0.1, -0.05) is 13.0 Å². The number of halogens is 2. The average Bonchev–Trinajstić information content (AvgIpc) is 2.62. The Bertz CT molecular complexity index is 554. The van der Waals surface area contributed by atoms with Crippen molar-refractivity contribution < 1.29 is 4.74 Å². The van der Waals surface area contributed by atoms with E-state index in [1.165, 1.54) is 3.57 Å². The van der Waals surface area contributed by atoms with Crippen LogP contribution in [0.5, 0.6) is 5.75 Å². The van der Waals surface area contributed by atoms with Gasteiger partial charge in [-0.25, -0.2) is 0 Å². The maximum Gasteiger partial charge on any atom is 0.131 e. The van der Waals surface area contributed by atoms with Gasteiger partial charge in [-0.3, -0.25) is 4.68 Å². The molecule has 0 fully saturated rings. The molecule has 18 heavy (non-hydrogen) atoms. The van der Waals surface area contributed by atoms with Gasteiger partial charge in [0.05, 0.1) is 15.9 Å². The lowest BCUT2D eigenvalue weighted by Crippen LogP contribution is -2.03. The molecule has 3 nitrogen and oxygen atoms in total. The molecule has 96 valence electrons. The Balaban J connectivity index is 2.13. The predicted molar refractivity (Wildman–Crippen MR) is 83.8 cm³/mol. The molecule has 0 unspecified atom stereocenters. The highest BCUT2D eigenvalue weighted by molar-refractivity contribution is 14.1. The lowest BCUT2D eigenvalue weighted by Gasteiger charge is -2.07. The first-order valence-corrected chi connectivity index (χ1v) is 7.57. The van der Waals surface area contributed by atoms with Gasteiger partial charge in [0.15, 0.2) is 0 Å². The van der Waals surface area contributed by atoms with Crippen molar-refractivity contribution in [1.29, 1.82) is 0 Å². The molecule has 1 aromatic heterocycles. The van der Waals surface area contributed by atoms with Gasteiger partial charge in [0.2, 0.25) is 0 Å². The Hall–Kier alpha value is -0.560. The normalized spacial score (nSPS) is 10.7. The summed E-state index contributed by atoms with van der Waals surface area (Å²) in [4.78, 5) is 0. The van der Waals surface area contributed by atoms with Crippen molar-refractivity contribution in [2.24, 2.45) is 7.05 Å². The molecule has 0 aliphatic heterocycles. The van der Waals surface area contributed by atoms with E-state index in [1.807, 2.05) is 36.0 Å². The molecule has 2 aromatic rings. The molecule has 2 rings (SSSR count). The first-order chi connectivity index (χ1) is 8.61. The minimum atomic E-state index is 0.518. The van der Waals surface area contributed by atoms with Crippen LogP contribution in [0.1, 0.15) is 18.3 Å². The van der Waals surface area contributed by atoms with E-state index in [0.717, 1.165) is 28.0 Å². The third-order valence-corrected chi connectivity index (χ3v) is 4.26. The van der Waals surface area contributed by atoms with E-state index in [4.69, 9.17) is 4.74 Å².